The van der Waals surface area contributed by atoms with Gasteiger partial charge in [0.1, 0.15) is 6.04 Å². The first-order valence-corrected chi connectivity index (χ1v) is 8.95. The molecule has 0 saturated carbocycles. The van der Waals surface area contributed by atoms with Crippen LogP contribution in [0.2, 0.25) is 0 Å². The molecule has 120 valence electrons. The quantitative estimate of drug-likeness (QED) is 0.794. The summed E-state index contributed by atoms with van der Waals surface area (Å²) in [5.41, 5.74) is 0. The number of hydrogen-bond donors (Lipinski definition) is 2. The van der Waals surface area contributed by atoms with Crippen LogP contribution >= 0.6 is 11.8 Å². The Morgan fingerprint density at radius 1 is 1.43 bits per heavy atom. The third kappa shape index (κ3) is 4.03. The number of nitrogens with one attached hydrogen (secondary N) is 1. The van der Waals surface area contributed by atoms with E-state index >= 15 is 0 Å². The van der Waals surface area contributed by atoms with E-state index in [-0.39, 0.29) is 12.1 Å². The maximum atomic E-state index is 12.4. The molecule has 0 aromatic heterocycles. The first-order valence-electron chi connectivity index (χ1n) is 7.56. The van der Waals surface area contributed by atoms with Crippen molar-refractivity contribution in [2.24, 2.45) is 0 Å². The molecule has 0 bridgehead atoms. The van der Waals surface area contributed by atoms with Crippen LogP contribution in [0.25, 0.3) is 0 Å². The molecule has 2 rings (SSSR count). The summed E-state index contributed by atoms with van der Waals surface area (Å²) in [5.74, 6) is -0.229. The van der Waals surface area contributed by atoms with Gasteiger partial charge in [0, 0.05) is 25.2 Å². The molecule has 2 aliphatic rings. The molecule has 0 spiro atoms. The predicted molar refractivity (Wildman–Crippen MR) is 83.7 cm³/mol. The van der Waals surface area contributed by atoms with Crippen LogP contribution in [-0.4, -0.2) is 76.7 Å². The van der Waals surface area contributed by atoms with Crippen molar-refractivity contribution in [2.75, 3.05) is 31.6 Å². The zero-order valence-corrected chi connectivity index (χ0v) is 13.6. The molecule has 2 aliphatic heterocycles. The molecule has 0 aromatic rings. The van der Waals surface area contributed by atoms with Gasteiger partial charge < -0.3 is 15.3 Å². The largest absolute Gasteiger partial charge is 0.480 e. The number of carboxylic acids is 1. The number of carbonyl (C=O) groups excluding carboxylic acids is 1. The van der Waals surface area contributed by atoms with E-state index in [2.05, 4.69) is 10.2 Å². The summed E-state index contributed by atoms with van der Waals surface area (Å²) in [6.07, 6.45) is 4.71. The number of amides is 2. The summed E-state index contributed by atoms with van der Waals surface area (Å²) in [5, 5.41) is 11.9. The molecular weight excluding hydrogens is 290 g/mol. The summed E-state index contributed by atoms with van der Waals surface area (Å²) in [6.45, 7) is 4.75. The second kappa shape index (κ2) is 7.35. The maximum absolute atomic E-state index is 12.4. The summed E-state index contributed by atoms with van der Waals surface area (Å²) >= 11 is 1.59. The number of carboxylic acid groups (broad SMARTS) is 1. The van der Waals surface area contributed by atoms with Crippen LogP contribution in [0.1, 0.15) is 26.2 Å². The number of fused-ring (bicyclic) bond motifs is 1. The lowest BCUT2D eigenvalue weighted by Crippen LogP contribution is -2.60. The predicted octanol–water partition coefficient (Wildman–Crippen LogP) is 1.07. The van der Waals surface area contributed by atoms with E-state index in [4.69, 9.17) is 0 Å². The number of urea groups is 1. The maximum Gasteiger partial charge on any atom is 0.326 e. The van der Waals surface area contributed by atoms with E-state index in [0.29, 0.717) is 19.0 Å². The van der Waals surface area contributed by atoms with Gasteiger partial charge in [-0.1, -0.05) is 0 Å². The van der Waals surface area contributed by atoms with Crippen molar-refractivity contribution in [3.8, 4) is 0 Å². The van der Waals surface area contributed by atoms with E-state index in [1.165, 1.54) is 6.42 Å². The van der Waals surface area contributed by atoms with Crippen LogP contribution in [0.3, 0.4) is 0 Å². The molecule has 2 saturated heterocycles. The van der Waals surface area contributed by atoms with Gasteiger partial charge in [0.2, 0.25) is 0 Å². The zero-order chi connectivity index (χ0) is 15.4. The Morgan fingerprint density at radius 2 is 2.19 bits per heavy atom. The summed E-state index contributed by atoms with van der Waals surface area (Å²) < 4.78 is 0. The van der Waals surface area contributed by atoms with Gasteiger partial charge in [-0.3, -0.25) is 4.90 Å². The van der Waals surface area contributed by atoms with Crippen molar-refractivity contribution in [1.82, 2.24) is 15.1 Å². The monoisotopic (exact) mass is 315 g/mol. The lowest BCUT2D eigenvalue weighted by Gasteiger charge is -2.42. The number of thioether (sulfide) groups is 1. The topological polar surface area (TPSA) is 72.9 Å². The second-order valence-electron chi connectivity index (χ2n) is 5.91. The molecule has 21 heavy (non-hydrogen) atoms. The molecule has 0 aliphatic carbocycles. The lowest BCUT2D eigenvalue weighted by atomic mass is 10.1. The van der Waals surface area contributed by atoms with Gasteiger partial charge in [-0.15, -0.1) is 0 Å². The van der Waals surface area contributed by atoms with Gasteiger partial charge in [0.15, 0.2) is 0 Å². The molecule has 3 atom stereocenters. The number of rotatable bonds is 5. The van der Waals surface area contributed by atoms with Gasteiger partial charge in [-0.25, -0.2) is 9.59 Å². The van der Waals surface area contributed by atoms with Crippen LogP contribution in [0, 0.1) is 0 Å². The summed E-state index contributed by atoms with van der Waals surface area (Å²) in [7, 11) is 0. The third-order valence-corrected chi connectivity index (χ3v) is 5.05. The minimum atomic E-state index is -0.954. The van der Waals surface area contributed by atoms with E-state index in [1.54, 1.807) is 11.8 Å². The Morgan fingerprint density at radius 3 is 2.86 bits per heavy atom. The Balaban J connectivity index is 1.93. The molecule has 2 heterocycles. The van der Waals surface area contributed by atoms with E-state index in [1.807, 2.05) is 18.1 Å². The highest BCUT2D eigenvalue weighted by molar-refractivity contribution is 7.98. The van der Waals surface area contributed by atoms with Crippen molar-refractivity contribution in [3.05, 3.63) is 0 Å². The average Bonchev–Trinajstić information content (AvgIpc) is 2.88. The molecule has 0 radical (unpaired) electrons. The van der Waals surface area contributed by atoms with Crippen molar-refractivity contribution >= 4 is 23.8 Å². The SMILES string of the molecule is CSCC[C@H](NC(=O)N1CC2CCCN2CC1C)C(=O)O. The minimum Gasteiger partial charge on any atom is -0.480 e. The van der Waals surface area contributed by atoms with Gasteiger partial charge in [0.25, 0.3) is 0 Å². The highest BCUT2D eigenvalue weighted by Gasteiger charge is 2.37. The van der Waals surface area contributed by atoms with E-state index < -0.39 is 12.0 Å². The minimum absolute atomic E-state index is 0.134. The first kappa shape index (κ1) is 16.4. The summed E-state index contributed by atoms with van der Waals surface area (Å²) in [6, 6.07) is -0.447. The fourth-order valence-electron chi connectivity index (χ4n) is 3.20. The van der Waals surface area contributed by atoms with Gasteiger partial charge >= 0.3 is 12.0 Å². The number of hydrogen-bond acceptors (Lipinski definition) is 4. The zero-order valence-electron chi connectivity index (χ0n) is 12.7. The first-order chi connectivity index (χ1) is 10.0. The molecule has 2 fully saturated rings. The number of piperazine rings is 1. The van der Waals surface area contributed by atoms with Crippen molar-refractivity contribution in [1.29, 1.82) is 0 Å². The van der Waals surface area contributed by atoms with E-state index in [0.717, 1.165) is 25.3 Å². The fourth-order valence-corrected chi connectivity index (χ4v) is 3.67. The van der Waals surface area contributed by atoms with E-state index in [9.17, 15) is 14.7 Å². The number of aliphatic carboxylic acids is 1. The van der Waals surface area contributed by atoms with Crippen molar-refractivity contribution in [3.63, 3.8) is 0 Å². The number of nitrogens with zero attached hydrogens (tertiary/aromatic N) is 2. The van der Waals surface area contributed by atoms with Crippen LogP contribution in [0.5, 0.6) is 0 Å². The van der Waals surface area contributed by atoms with Crippen molar-refractivity contribution < 1.29 is 14.7 Å². The molecule has 7 heteroatoms. The fraction of sp³-hybridized carbons (Fsp3) is 0.857. The highest BCUT2D eigenvalue weighted by Crippen LogP contribution is 2.24. The molecular formula is C14H25N3O3S. The summed E-state index contributed by atoms with van der Waals surface area (Å²) in [4.78, 5) is 27.9. The molecule has 0 aromatic carbocycles. The molecule has 2 unspecified atom stereocenters. The van der Waals surface area contributed by atoms with Crippen LogP contribution in [-0.2, 0) is 4.79 Å². The average molecular weight is 315 g/mol. The Labute approximate surface area is 130 Å². The highest BCUT2D eigenvalue weighted by atomic mass is 32.2. The Bertz CT molecular complexity index is 394. The standard InChI is InChI=1S/C14H25N3O3S/c1-10-8-16-6-3-4-11(16)9-17(10)14(20)15-12(13(18)19)5-7-21-2/h10-12H,3-9H2,1-2H3,(H,15,20)(H,18,19)/t10?,11?,12-/m0/s1. The molecule has 2 N–H and O–H groups in total. The smallest absolute Gasteiger partial charge is 0.326 e. The normalized spacial score (nSPS) is 27.2. The van der Waals surface area contributed by atoms with Crippen molar-refractivity contribution in [2.45, 2.75) is 44.3 Å². The van der Waals surface area contributed by atoms with Gasteiger partial charge in [-0.05, 0) is 44.7 Å². The second-order valence-corrected chi connectivity index (χ2v) is 6.90. The van der Waals surface area contributed by atoms with Gasteiger partial charge in [-0.2, -0.15) is 11.8 Å². The molecule has 2 amide bonds. The van der Waals surface area contributed by atoms with Crippen LogP contribution in [0.15, 0.2) is 0 Å². The van der Waals surface area contributed by atoms with Gasteiger partial charge in [0.05, 0.1) is 0 Å². The molecule has 6 nitrogen and oxygen atoms in total. The Kier molecular flexibility index (Phi) is 5.75. The Hall–Kier alpha value is -0.950. The lowest BCUT2D eigenvalue weighted by molar-refractivity contribution is -0.139. The van der Waals surface area contributed by atoms with Crippen LogP contribution < -0.4 is 5.32 Å². The number of carbonyl (C=O) groups is 2. The van der Waals surface area contributed by atoms with Crippen LogP contribution in [0.4, 0.5) is 4.79 Å². The third-order valence-electron chi connectivity index (χ3n) is 4.40.